The maximum Gasteiger partial charge on any atom is 0.338 e. The average molecular weight is 495 g/mol. The van der Waals surface area contributed by atoms with E-state index < -0.39 is 5.97 Å². The molecule has 0 N–H and O–H groups in total. The second kappa shape index (κ2) is 10.6. The number of rotatable bonds is 7. The van der Waals surface area contributed by atoms with E-state index in [0.717, 1.165) is 54.9 Å². The molecule has 0 spiro atoms. The van der Waals surface area contributed by atoms with Gasteiger partial charge in [-0.3, -0.25) is 0 Å². The van der Waals surface area contributed by atoms with Crippen molar-refractivity contribution in [3.63, 3.8) is 0 Å². The first-order valence-electron chi connectivity index (χ1n) is 5.01. The smallest absolute Gasteiger partial charge is 0.338 e. The highest BCUT2D eigenvalue weighted by molar-refractivity contribution is 8.26. The van der Waals surface area contributed by atoms with Gasteiger partial charge in [-0.15, -0.1) is 0 Å². The Morgan fingerprint density at radius 1 is 0.818 bits per heavy atom. The van der Waals surface area contributed by atoms with Gasteiger partial charge in [0.05, 0.1) is 24.5 Å². The molecular formula is C10H5Cl5O2S5. The Labute approximate surface area is 171 Å². The molecule has 0 aliphatic rings. The van der Waals surface area contributed by atoms with Crippen molar-refractivity contribution >= 4 is 114 Å². The lowest BCUT2D eigenvalue weighted by Crippen LogP contribution is -2.10. The number of carbonyl (C=O) groups is 1. The maximum atomic E-state index is 11.9. The van der Waals surface area contributed by atoms with Crippen LogP contribution in [0.25, 0.3) is 0 Å². The monoisotopic (exact) mass is 492 g/mol. The molecule has 0 aliphatic carbocycles. The minimum Gasteiger partial charge on any atom is -0.421 e. The number of carbonyl (C=O) groups excluding carboxylic acids is 1. The van der Waals surface area contributed by atoms with Crippen LogP contribution in [-0.2, 0) is 4.79 Å². The Balaban J connectivity index is 3.70. The summed E-state index contributed by atoms with van der Waals surface area (Å²) in [5.41, 5.74) is 0.229. The molecule has 0 atom stereocenters. The molecule has 0 fully saturated rings. The summed E-state index contributed by atoms with van der Waals surface area (Å²) in [5, 5.41) is 0. The van der Waals surface area contributed by atoms with Crippen LogP contribution in [0, 0.1) is 0 Å². The SMILES string of the molecule is C=C(C)C(=O)Oc1c(SCl)c(SCl)c(SCl)c(SCl)c1SCl. The molecule has 0 saturated carbocycles. The summed E-state index contributed by atoms with van der Waals surface area (Å²) in [5.74, 6) is -0.435. The van der Waals surface area contributed by atoms with E-state index in [1.165, 1.54) is 6.92 Å². The van der Waals surface area contributed by atoms with E-state index in [-0.39, 0.29) is 11.3 Å². The maximum absolute atomic E-state index is 11.9. The molecule has 0 heterocycles. The minimum atomic E-state index is -0.610. The Morgan fingerprint density at radius 2 is 1.14 bits per heavy atom. The van der Waals surface area contributed by atoms with Gasteiger partial charge in [-0.05, 0) is 115 Å². The van der Waals surface area contributed by atoms with Gasteiger partial charge in [0.1, 0.15) is 0 Å². The van der Waals surface area contributed by atoms with E-state index in [1.54, 1.807) is 0 Å². The molecule has 0 aromatic heterocycles. The highest BCUT2D eigenvalue weighted by Gasteiger charge is 2.28. The largest absolute Gasteiger partial charge is 0.421 e. The number of benzene rings is 1. The molecule has 0 radical (unpaired) electrons. The van der Waals surface area contributed by atoms with Gasteiger partial charge in [0.2, 0.25) is 0 Å². The number of halogens is 5. The second-order valence-electron chi connectivity index (χ2n) is 3.53. The molecular weight excluding hydrogens is 490 g/mol. The third-order valence-electron chi connectivity index (χ3n) is 2.17. The fourth-order valence-electron chi connectivity index (χ4n) is 1.24. The fraction of sp³-hybridized carbons (Fsp3) is 0.100. The predicted molar refractivity (Wildman–Crippen MR) is 105 cm³/mol. The third kappa shape index (κ3) is 4.84. The van der Waals surface area contributed by atoms with Gasteiger partial charge in [-0.1, -0.05) is 6.58 Å². The zero-order valence-electron chi connectivity index (χ0n) is 10.5. The molecule has 22 heavy (non-hydrogen) atoms. The Hall–Kier alpha value is 1.63. The van der Waals surface area contributed by atoms with Crippen LogP contribution in [0.5, 0.6) is 5.75 Å². The summed E-state index contributed by atoms with van der Waals surface area (Å²) in [7, 11) is 34.0. The van der Waals surface area contributed by atoms with E-state index in [2.05, 4.69) is 6.58 Å². The molecule has 2 nitrogen and oxygen atoms in total. The highest BCUT2D eigenvalue weighted by Crippen LogP contribution is 2.57. The van der Waals surface area contributed by atoms with Crippen LogP contribution in [0.2, 0.25) is 0 Å². The first kappa shape index (κ1) is 21.7. The van der Waals surface area contributed by atoms with Crippen molar-refractivity contribution in [2.24, 2.45) is 0 Å². The van der Waals surface area contributed by atoms with E-state index in [9.17, 15) is 4.79 Å². The lowest BCUT2D eigenvalue weighted by atomic mass is 10.3. The first-order valence-corrected chi connectivity index (χ1v) is 13.2. The van der Waals surface area contributed by atoms with Crippen molar-refractivity contribution in [3.8, 4) is 5.75 Å². The third-order valence-corrected chi connectivity index (χ3v) is 7.77. The van der Waals surface area contributed by atoms with Crippen molar-refractivity contribution in [1.82, 2.24) is 0 Å². The van der Waals surface area contributed by atoms with E-state index in [1.807, 2.05) is 0 Å². The summed E-state index contributed by atoms with van der Waals surface area (Å²) < 4.78 is 5.36. The average Bonchev–Trinajstić information content (AvgIpc) is 2.52. The van der Waals surface area contributed by atoms with Gasteiger partial charge < -0.3 is 4.74 Å². The summed E-state index contributed by atoms with van der Waals surface area (Å²) in [6.07, 6.45) is 0. The summed E-state index contributed by atoms with van der Waals surface area (Å²) in [4.78, 5) is 14.4. The van der Waals surface area contributed by atoms with Crippen LogP contribution in [0.4, 0.5) is 0 Å². The second-order valence-corrected chi connectivity index (χ2v) is 8.66. The van der Waals surface area contributed by atoms with Crippen LogP contribution < -0.4 is 4.74 Å². The van der Waals surface area contributed by atoms with Crippen molar-refractivity contribution in [3.05, 3.63) is 12.2 Å². The van der Waals surface area contributed by atoms with E-state index in [4.69, 9.17) is 58.1 Å². The van der Waals surface area contributed by atoms with Crippen molar-refractivity contribution in [2.75, 3.05) is 0 Å². The lowest BCUT2D eigenvalue weighted by Gasteiger charge is -2.19. The lowest BCUT2D eigenvalue weighted by molar-refractivity contribution is -0.130. The number of hydrogen-bond acceptors (Lipinski definition) is 7. The van der Waals surface area contributed by atoms with Crippen LogP contribution >= 0.6 is 108 Å². The number of hydrogen-bond donors (Lipinski definition) is 0. The van der Waals surface area contributed by atoms with Gasteiger partial charge >= 0.3 is 5.97 Å². The molecule has 0 saturated heterocycles. The summed E-state index contributed by atoms with van der Waals surface area (Å²) >= 11 is 0. The van der Waals surface area contributed by atoms with Crippen LogP contribution in [-0.4, -0.2) is 5.97 Å². The van der Waals surface area contributed by atoms with E-state index in [0.29, 0.717) is 24.5 Å². The standard InChI is InChI=1S/C10H5Cl5O2S5/c1-3(2)10(16)17-4-5(18-11)7(20-13)9(22-15)8(21-14)6(4)19-12/h1H2,2H3. The molecule has 0 unspecified atom stereocenters. The first-order chi connectivity index (χ1) is 10.5. The minimum absolute atomic E-state index is 0.175. The Morgan fingerprint density at radius 3 is 1.41 bits per heavy atom. The quantitative estimate of drug-likeness (QED) is 0.213. The normalized spacial score (nSPS) is 10.6. The molecule has 0 bridgehead atoms. The molecule has 1 aromatic carbocycles. The fourth-order valence-corrected chi connectivity index (χ4v) is 7.66. The zero-order chi connectivity index (χ0) is 16.9. The topological polar surface area (TPSA) is 26.3 Å². The van der Waals surface area contributed by atoms with Gasteiger partial charge in [0.15, 0.2) is 5.75 Å². The molecule has 1 rings (SSSR count). The number of ether oxygens (including phenoxy) is 1. The van der Waals surface area contributed by atoms with Crippen LogP contribution in [0.3, 0.4) is 0 Å². The highest BCUT2D eigenvalue weighted by atomic mass is 35.7. The van der Waals surface area contributed by atoms with Gasteiger partial charge in [-0.2, -0.15) is 0 Å². The zero-order valence-corrected chi connectivity index (χ0v) is 18.3. The predicted octanol–water partition coefficient (Wildman–Crippen LogP) is 8.40. The van der Waals surface area contributed by atoms with Crippen LogP contribution in [0.1, 0.15) is 6.92 Å². The van der Waals surface area contributed by atoms with Gasteiger partial charge in [-0.25, -0.2) is 4.79 Å². The molecule has 0 aliphatic heterocycles. The molecule has 12 heteroatoms. The Kier molecular flexibility index (Phi) is 10.4. The van der Waals surface area contributed by atoms with Crippen LogP contribution in [0.15, 0.2) is 36.6 Å². The Bertz CT molecular complexity index is 565. The van der Waals surface area contributed by atoms with Gasteiger partial charge in [0.25, 0.3) is 0 Å². The molecule has 0 amide bonds. The summed E-state index contributed by atoms with van der Waals surface area (Å²) in [6, 6.07) is 0. The van der Waals surface area contributed by atoms with Gasteiger partial charge in [0, 0.05) is 5.57 Å². The van der Waals surface area contributed by atoms with Crippen molar-refractivity contribution in [1.29, 1.82) is 0 Å². The number of esters is 1. The van der Waals surface area contributed by atoms with Crippen molar-refractivity contribution < 1.29 is 9.53 Å². The van der Waals surface area contributed by atoms with E-state index >= 15 is 0 Å². The summed E-state index contributed by atoms with van der Waals surface area (Å²) in [6.45, 7) is 5.07. The van der Waals surface area contributed by atoms with Crippen molar-refractivity contribution in [2.45, 2.75) is 31.4 Å². The molecule has 1 aromatic rings. The molecule has 122 valence electrons.